The maximum Gasteiger partial charge on any atom is 0.235 e. The second kappa shape index (κ2) is 8.09. The van der Waals surface area contributed by atoms with Gasteiger partial charge in [-0.05, 0) is 61.6 Å². The molecule has 7 heteroatoms. The first kappa shape index (κ1) is 21.3. The number of likely N-dealkylation sites (tertiary alicyclic amines) is 1. The lowest BCUT2D eigenvalue weighted by Crippen LogP contribution is -2.53. The van der Waals surface area contributed by atoms with Crippen LogP contribution in [0.5, 0.6) is 5.75 Å². The van der Waals surface area contributed by atoms with E-state index in [4.69, 9.17) is 16.3 Å². The van der Waals surface area contributed by atoms with Crippen LogP contribution in [-0.2, 0) is 21.4 Å². The average molecular weight is 454 g/mol. The highest BCUT2D eigenvalue weighted by atomic mass is 35.5. The molecule has 0 aromatic heterocycles. The minimum absolute atomic E-state index is 0.0606. The maximum atomic E-state index is 12.9. The Morgan fingerprint density at radius 1 is 1.22 bits per heavy atom. The third-order valence-electron chi connectivity index (χ3n) is 7.25. The summed E-state index contributed by atoms with van der Waals surface area (Å²) >= 11 is 6.84. The Hall–Kier alpha value is -2.57. The normalized spacial score (nSPS) is 26.0. The lowest BCUT2D eigenvalue weighted by molar-refractivity contribution is -0.123. The van der Waals surface area contributed by atoms with Gasteiger partial charge in [-0.1, -0.05) is 18.2 Å². The minimum Gasteiger partial charge on any atom is -0.492 e. The van der Waals surface area contributed by atoms with Crippen LogP contribution in [0.1, 0.15) is 37.3 Å². The first-order chi connectivity index (χ1) is 15.4. The Morgan fingerprint density at radius 2 is 2.03 bits per heavy atom. The van der Waals surface area contributed by atoms with Gasteiger partial charge in [0.25, 0.3) is 0 Å². The largest absolute Gasteiger partial charge is 0.492 e. The Morgan fingerprint density at radius 3 is 2.84 bits per heavy atom. The van der Waals surface area contributed by atoms with Gasteiger partial charge in [-0.15, -0.1) is 11.6 Å². The summed E-state index contributed by atoms with van der Waals surface area (Å²) in [5.41, 5.74) is 3.28. The summed E-state index contributed by atoms with van der Waals surface area (Å²) in [6.45, 7) is 3.35. The van der Waals surface area contributed by atoms with Crippen molar-refractivity contribution in [3.05, 3.63) is 53.6 Å². The van der Waals surface area contributed by atoms with Crippen LogP contribution in [0.2, 0.25) is 0 Å². The van der Waals surface area contributed by atoms with Crippen LogP contribution in [-0.4, -0.2) is 48.5 Å². The fourth-order valence-corrected chi connectivity index (χ4v) is 5.88. The Kier molecular flexibility index (Phi) is 5.38. The zero-order valence-corrected chi connectivity index (χ0v) is 19.2. The lowest BCUT2D eigenvalue weighted by Gasteiger charge is -2.43. The number of carbonyl (C=O) groups excluding carboxylic acids is 2. The van der Waals surface area contributed by atoms with E-state index in [-0.39, 0.29) is 23.4 Å². The van der Waals surface area contributed by atoms with Crippen LogP contribution in [0.15, 0.2) is 42.5 Å². The summed E-state index contributed by atoms with van der Waals surface area (Å²) in [5, 5.41) is 3.03. The highest BCUT2D eigenvalue weighted by Gasteiger charge is 2.51. The number of carbonyl (C=O) groups is 2. The molecule has 2 amide bonds. The van der Waals surface area contributed by atoms with E-state index in [1.54, 1.807) is 4.90 Å². The third kappa shape index (κ3) is 3.46. The van der Waals surface area contributed by atoms with Gasteiger partial charge in [0.2, 0.25) is 11.8 Å². The number of fused-ring (bicyclic) bond motifs is 3. The smallest absolute Gasteiger partial charge is 0.235 e. The van der Waals surface area contributed by atoms with Crippen LogP contribution < -0.4 is 15.0 Å². The van der Waals surface area contributed by atoms with Gasteiger partial charge in [0.05, 0.1) is 10.9 Å². The van der Waals surface area contributed by atoms with Crippen molar-refractivity contribution >= 4 is 34.8 Å². The van der Waals surface area contributed by atoms with E-state index in [1.165, 1.54) is 0 Å². The standard InChI is InChI=1S/C25H28ClN3O3/c1-16(15-32-18-8-9-21-17(13-18)7-10-23(30)28(21)2)29-12-11-25(14-22(29)26)19-5-3-4-6-20(19)27-24(25)31/h3-6,8-9,13,16,22H,7,10-12,14-15H2,1-2H3,(H,27,31). The zero-order valence-electron chi connectivity index (χ0n) is 18.4. The summed E-state index contributed by atoms with van der Waals surface area (Å²) < 4.78 is 6.11. The predicted octanol–water partition coefficient (Wildman–Crippen LogP) is 3.91. The van der Waals surface area contributed by atoms with E-state index >= 15 is 0 Å². The van der Waals surface area contributed by atoms with E-state index in [2.05, 4.69) is 17.1 Å². The molecule has 1 spiro atoms. The molecular formula is C25H28ClN3O3. The number of hydrogen-bond donors (Lipinski definition) is 1. The molecule has 3 heterocycles. The molecule has 1 fully saturated rings. The Balaban J connectivity index is 1.24. The molecule has 6 nitrogen and oxygen atoms in total. The first-order valence-corrected chi connectivity index (χ1v) is 11.7. The number of benzene rings is 2. The number of nitrogens with one attached hydrogen (secondary N) is 1. The van der Waals surface area contributed by atoms with Gasteiger partial charge in [-0.3, -0.25) is 14.5 Å². The number of alkyl halides is 1. The van der Waals surface area contributed by atoms with Crippen LogP contribution >= 0.6 is 11.6 Å². The summed E-state index contributed by atoms with van der Waals surface area (Å²) in [7, 11) is 1.82. The molecule has 3 aliphatic heterocycles. The van der Waals surface area contributed by atoms with Gasteiger partial charge in [0, 0.05) is 37.4 Å². The highest BCUT2D eigenvalue weighted by Crippen LogP contribution is 2.47. The number of rotatable bonds is 4. The van der Waals surface area contributed by atoms with Crippen LogP contribution in [0.25, 0.3) is 0 Å². The molecule has 3 atom stereocenters. The van der Waals surface area contributed by atoms with Gasteiger partial charge in [-0.2, -0.15) is 0 Å². The first-order valence-electron chi connectivity index (χ1n) is 11.2. The SMILES string of the molecule is CC(COc1ccc2c(c1)CCC(=O)N2C)N1CCC2(CC1Cl)C(=O)Nc1ccccc12. The number of hydrogen-bond acceptors (Lipinski definition) is 4. The highest BCUT2D eigenvalue weighted by molar-refractivity contribution is 6.21. The fraction of sp³-hybridized carbons (Fsp3) is 0.440. The maximum absolute atomic E-state index is 12.9. The average Bonchev–Trinajstić information content (AvgIpc) is 3.05. The van der Waals surface area contributed by atoms with Crippen molar-refractivity contribution in [1.82, 2.24) is 4.90 Å². The molecule has 3 unspecified atom stereocenters. The van der Waals surface area contributed by atoms with Gasteiger partial charge >= 0.3 is 0 Å². The summed E-state index contributed by atoms with van der Waals surface area (Å²) in [5.74, 6) is 1.02. The van der Waals surface area contributed by atoms with Gasteiger partial charge in [0.15, 0.2) is 0 Å². The number of amides is 2. The van der Waals surface area contributed by atoms with E-state index in [1.807, 2.05) is 49.5 Å². The van der Waals surface area contributed by atoms with Crippen molar-refractivity contribution in [1.29, 1.82) is 0 Å². The molecule has 0 bridgehead atoms. The van der Waals surface area contributed by atoms with Crippen molar-refractivity contribution in [2.75, 3.05) is 30.4 Å². The third-order valence-corrected chi connectivity index (χ3v) is 7.66. The summed E-state index contributed by atoms with van der Waals surface area (Å²) in [6, 6.07) is 14.0. The number of ether oxygens (including phenoxy) is 1. The van der Waals surface area contributed by atoms with Crippen molar-refractivity contribution in [3.8, 4) is 5.75 Å². The molecular weight excluding hydrogens is 426 g/mol. The molecule has 2 aromatic carbocycles. The molecule has 2 aromatic rings. The topological polar surface area (TPSA) is 61.9 Å². The van der Waals surface area contributed by atoms with Crippen molar-refractivity contribution in [2.45, 2.75) is 49.6 Å². The number of para-hydroxylation sites is 1. The molecule has 1 N–H and O–H groups in total. The molecule has 5 rings (SSSR count). The number of piperidine rings is 1. The molecule has 168 valence electrons. The quantitative estimate of drug-likeness (QED) is 0.563. The van der Waals surface area contributed by atoms with Gasteiger partial charge in [-0.25, -0.2) is 0 Å². The molecule has 1 saturated heterocycles. The number of aryl methyl sites for hydroxylation is 1. The van der Waals surface area contributed by atoms with E-state index in [0.717, 1.165) is 47.6 Å². The molecule has 0 radical (unpaired) electrons. The molecule has 0 aliphatic carbocycles. The fourth-order valence-electron chi connectivity index (χ4n) is 5.32. The molecule has 32 heavy (non-hydrogen) atoms. The van der Waals surface area contributed by atoms with Crippen LogP contribution in [0, 0.1) is 0 Å². The summed E-state index contributed by atoms with van der Waals surface area (Å²) in [4.78, 5) is 28.7. The monoisotopic (exact) mass is 453 g/mol. The Labute approximate surface area is 193 Å². The van der Waals surface area contributed by atoms with E-state index in [0.29, 0.717) is 19.4 Å². The van der Waals surface area contributed by atoms with Crippen molar-refractivity contribution in [3.63, 3.8) is 0 Å². The van der Waals surface area contributed by atoms with E-state index < -0.39 is 5.41 Å². The van der Waals surface area contributed by atoms with Crippen molar-refractivity contribution < 1.29 is 14.3 Å². The summed E-state index contributed by atoms with van der Waals surface area (Å²) in [6.07, 6.45) is 2.60. The van der Waals surface area contributed by atoms with Crippen LogP contribution in [0.3, 0.4) is 0 Å². The van der Waals surface area contributed by atoms with Gasteiger partial charge in [0.1, 0.15) is 12.4 Å². The lowest BCUT2D eigenvalue weighted by atomic mass is 9.73. The molecule has 3 aliphatic rings. The second-order valence-electron chi connectivity index (χ2n) is 9.11. The number of anilines is 2. The predicted molar refractivity (Wildman–Crippen MR) is 125 cm³/mol. The Bertz CT molecular complexity index is 1070. The molecule has 0 saturated carbocycles. The minimum atomic E-state index is -0.540. The van der Waals surface area contributed by atoms with Gasteiger partial charge < -0.3 is 15.0 Å². The second-order valence-corrected chi connectivity index (χ2v) is 9.62. The van der Waals surface area contributed by atoms with Crippen molar-refractivity contribution in [2.24, 2.45) is 0 Å². The van der Waals surface area contributed by atoms with E-state index in [9.17, 15) is 9.59 Å². The van der Waals surface area contributed by atoms with Crippen LogP contribution in [0.4, 0.5) is 11.4 Å². The number of nitrogens with zero attached hydrogens (tertiary/aromatic N) is 2. The number of halogens is 1. The zero-order chi connectivity index (χ0) is 22.5.